The molecule has 2 aromatic rings. The summed E-state index contributed by atoms with van der Waals surface area (Å²) in [5.41, 5.74) is 0.905. The molecule has 2 heterocycles. The van der Waals surface area contributed by atoms with Crippen LogP contribution in [-0.2, 0) is 9.53 Å². The van der Waals surface area contributed by atoms with E-state index in [4.69, 9.17) is 14.2 Å². The largest absolute Gasteiger partial charge is 0.497 e. The summed E-state index contributed by atoms with van der Waals surface area (Å²) in [6, 6.07) is 8.89. The van der Waals surface area contributed by atoms with Crippen molar-refractivity contribution < 1.29 is 23.8 Å². The van der Waals surface area contributed by atoms with Gasteiger partial charge in [0.1, 0.15) is 16.4 Å². The third kappa shape index (κ3) is 3.83. The van der Waals surface area contributed by atoms with Crippen LogP contribution >= 0.6 is 11.3 Å². The van der Waals surface area contributed by atoms with Gasteiger partial charge in [-0.15, -0.1) is 11.3 Å². The Kier molecular flexibility index (Phi) is 5.78. The highest BCUT2D eigenvalue weighted by atomic mass is 32.1. The second-order valence-corrected chi connectivity index (χ2v) is 6.85. The molecule has 0 unspecified atom stereocenters. The van der Waals surface area contributed by atoms with Crippen molar-refractivity contribution in [2.24, 2.45) is 0 Å². The van der Waals surface area contributed by atoms with Crippen LogP contribution in [0, 0.1) is 0 Å². The van der Waals surface area contributed by atoms with Gasteiger partial charge in [-0.3, -0.25) is 4.79 Å². The van der Waals surface area contributed by atoms with E-state index >= 15 is 0 Å². The smallest absolute Gasteiger partial charge is 0.348 e. The van der Waals surface area contributed by atoms with E-state index in [2.05, 4.69) is 0 Å². The highest BCUT2D eigenvalue weighted by Gasteiger charge is 2.32. The van der Waals surface area contributed by atoms with Crippen LogP contribution in [0.5, 0.6) is 11.5 Å². The SMILES string of the molecule is COc1ccc(OC)c([C@@H]2CCCN2C(=O)COC(=O)c2cccs2)c1. The fourth-order valence-electron chi connectivity index (χ4n) is 3.16. The van der Waals surface area contributed by atoms with E-state index in [9.17, 15) is 9.59 Å². The molecule has 1 atom stereocenters. The van der Waals surface area contributed by atoms with Crippen LogP contribution in [0.4, 0.5) is 0 Å². The summed E-state index contributed by atoms with van der Waals surface area (Å²) in [5, 5.41) is 1.80. The van der Waals surface area contributed by atoms with Crippen molar-refractivity contribution in [3.05, 3.63) is 46.2 Å². The van der Waals surface area contributed by atoms with Crippen molar-refractivity contribution in [3.8, 4) is 11.5 Å². The fourth-order valence-corrected chi connectivity index (χ4v) is 3.78. The summed E-state index contributed by atoms with van der Waals surface area (Å²) in [4.78, 5) is 26.8. The Balaban J connectivity index is 1.71. The van der Waals surface area contributed by atoms with Gasteiger partial charge in [0, 0.05) is 12.1 Å². The van der Waals surface area contributed by atoms with E-state index in [1.54, 1.807) is 36.6 Å². The average molecular weight is 375 g/mol. The highest BCUT2D eigenvalue weighted by Crippen LogP contribution is 2.38. The number of rotatable bonds is 6. The molecule has 0 saturated carbocycles. The number of amides is 1. The lowest BCUT2D eigenvalue weighted by Gasteiger charge is -2.26. The van der Waals surface area contributed by atoms with Gasteiger partial charge in [-0.25, -0.2) is 4.79 Å². The fraction of sp³-hybridized carbons (Fsp3) is 0.368. The number of hydrogen-bond acceptors (Lipinski definition) is 6. The van der Waals surface area contributed by atoms with Gasteiger partial charge in [0.05, 0.1) is 20.3 Å². The number of ether oxygens (including phenoxy) is 3. The molecule has 0 N–H and O–H groups in total. The molecular formula is C19H21NO5S. The Hall–Kier alpha value is -2.54. The zero-order chi connectivity index (χ0) is 18.5. The van der Waals surface area contributed by atoms with E-state index in [1.165, 1.54) is 11.3 Å². The molecular weight excluding hydrogens is 354 g/mol. The molecule has 1 fully saturated rings. The van der Waals surface area contributed by atoms with Crippen molar-refractivity contribution >= 4 is 23.2 Å². The van der Waals surface area contributed by atoms with Gasteiger partial charge in [0.2, 0.25) is 0 Å². The molecule has 1 aliphatic heterocycles. The average Bonchev–Trinajstić information content (AvgIpc) is 3.37. The van der Waals surface area contributed by atoms with Gasteiger partial charge in [0.15, 0.2) is 6.61 Å². The first kappa shape index (κ1) is 18.3. The van der Waals surface area contributed by atoms with Crippen molar-refractivity contribution in [1.29, 1.82) is 0 Å². The molecule has 0 aliphatic carbocycles. The van der Waals surface area contributed by atoms with Crippen LogP contribution in [0.2, 0.25) is 0 Å². The first-order valence-electron chi connectivity index (χ1n) is 8.36. The highest BCUT2D eigenvalue weighted by molar-refractivity contribution is 7.11. The van der Waals surface area contributed by atoms with E-state index in [1.807, 2.05) is 18.2 Å². The molecule has 0 bridgehead atoms. The standard InChI is InChI=1S/C19H21NO5S/c1-23-13-7-8-16(24-2)14(11-13)15-5-3-9-20(15)18(21)12-25-19(22)17-6-4-10-26-17/h4,6-8,10-11,15H,3,5,9,12H2,1-2H3/t15-/m0/s1. The van der Waals surface area contributed by atoms with Gasteiger partial charge < -0.3 is 19.1 Å². The van der Waals surface area contributed by atoms with Crippen LogP contribution < -0.4 is 9.47 Å². The summed E-state index contributed by atoms with van der Waals surface area (Å²) in [6.07, 6.45) is 1.71. The van der Waals surface area contributed by atoms with E-state index in [0.717, 1.165) is 18.4 Å². The summed E-state index contributed by atoms with van der Waals surface area (Å²) < 4.78 is 15.9. The lowest BCUT2D eigenvalue weighted by molar-refractivity contribution is -0.135. The molecule has 26 heavy (non-hydrogen) atoms. The molecule has 0 radical (unpaired) electrons. The van der Waals surface area contributed by atoms with E-state index in [-0.39, 0.29) is 18.6 Å². The van der Waals surface area contributed by atoms with Crippen LogP contribution in [-0.4, -0.2) is 44.1 Å². The van der Waals surface area contributed by atoms with E-state index in [0.29, 0.717) is 22.9 Å². The number of carbonyl (C=O) groups is 2. The molecule has 7 heteroatoms. The Morgan fingerprint density at radius 2 is 2.08 bits per heavy atom. The number of hydrogen-bond donors (Lipinski definition) is 0. The monoisotopic (exact) mass is 375 g/mol. The summed E-state index contributed by atoms with van der Waals surface area (Å²) in [6.45, 7) is 0.361. The van der Waals surface area contributed by atoms with E-state index < -0.39 is 5.97 Å². The van der Waals surface area contributed by atoms with Gasteiger partial charge in [-0.05, 0) is 42.5 Å². The third-order valence-electron chi connectivity index (χ3n) is 4.42. The summed E-state index contributed by atoms with van der Waals surface area (Å²) in [7, 11) is 3.21. The zero-order valence-electron chi connectivity index (χ0n) is 14.8. The van der Waals surface area contributed by atoms with Crippen LogP contribution in [0.3, 0.4) is 0 Å². The van der Waals surface area contributed by atoms with Crippen molar-refractivity contribution in [3.63, 3.8) is 0 Å². The number of methoxy groups -OCH3 is 2. The Morgan fingerprint density at radius 3 is 2.77 bits per heavy atom. The zero-order valence-corrected chi connectivity index (χ0v) is 15.6. The second kappa shape index (κ2) is 8.23. The molecule has 1 aromatic carbocycles. The van der Waals surface area contributed by atoms with Crippen molar-refractivity contribution in [1.82, 2.24) is 4.90 Å². The molecule has 3 rings (SSSR count). The first-order valence-corrected chi connectivity index (χ1v) is 9.24. The Morgan fingerprint density at radius 1 is 1.23 bits per heavy atom. The number of nitrogens with zero attached hydrogens (tertiary/aromatic N) is 1. The maximum atomic E-state index is 12.6. The lowest BCUT2D eigenvalue weighted by Crippen LogP contribution is -2.34. The maximum absolute atomic E-state index is 12.6. The molecule has 1 saturated heterocycles. The predicted octanol–water partition coefficient (Wildman–Crippen LogP) is 3.29. The predicted molar refractivity (Wildman–Crippen MR) is 97.8 cm³/mol. The lowest BCUT2D eigenvalue weighted by atomic mass is 10.0. The Labute approximate surface area is 156 Å². The van der Waals surface area contributed by atoms with Crippen LogP contribution in [0.25, 0.3) is 0 Å². The maximum Gasteiger partial charge on any atom is 0.348 e. The van der Waals surface area contributed by atoms with Gasteiger partial charge in [0.25, 0.3) is 5.91 Å². The summed E-state index contributed by atoms with van der Waals surface area (Å²) >= 11 is 1.29. The number of benzene rings is 1. The molecule has 6 nitrogen and oxygen atoms in total. The van der Waals surface area contributed by atoms with Crippen LogP contribution in [0.1, 0.15) is 34.1 Å². The minimum atomic E-state index is -0.469. The minimum Gasteiger partial charge on any atom is -0.497 e. The van der Waals surface area contributed by atoms with Gasteiger partial charge >= 0.3 is 5.97 Å². The molecule has 1 aromatic heterocycles. The normalized spacial score (nSPS) is 16.4. The third-order valence-corrected chi connectivity index (χ3v) is 5.27. The number of esters is 1. The van der Waals surface area contributed by atoms with Crippen molar-refractivity contribution in [2.45, 2.75) is 18.9 Å². The number of carbonyl (C=O) groups excluding carboxylic acids is 2. The molecule has 1 amide bonds. The number of likely N-dealkylation sites (tertiary alicyclic amines) is 1. The quantitative estimate of drug-likeness (QED) is 0.725. The van der Waals surface area contributed by atoms with Crippen molar-refractivity contribution in [2.75, 3.05) is 27.4 Å². The van der Waals surface area contributed by atoms with Gasteiger partial charge in [-0.1, -0.05) is 6.07 Å². The minimum absolute atomic E-state index is 0.118. The van der Waals surface area contributed by atoms with Crippen LogP contribution in [0.15, 0.2) is 35.7 Å². The Bertz CT molecular complexity index is 774. The molecule has 0 spiro atoms. The molecule has 1 aliphatic rings. The molecule has 138 valence electrons. The topological polar surface area (TPSA) is 65.1 Å². The second-order valence-electron chi connectivity index (χ2n) is 5.91. The summed E-state index contributed by atoms with van der Waals surface area (Å²) in [5.74, 6) is 0.751. The van der Waals surface area contributed by atoms with Gasteiger partial charge in [-0.2, -0.15) is 0 Å². The first-order chi connectivity index (χ1) is 12.6. The number of thiophene rings is 1.